The van der Waals surface area contributed by atoms with Gasteiger partial charge in [-0.2, -0.15) is 0 Å². The molecule has 73 valence electrons. The van der Waals surface area contributed by atoms with E-state index in [2.05, 4.69) is 0 Å². The van der Waals surface area contributed by atoms with Crippen LogP contribution in [0.25, 0.3) is 0 Å². The van der Waals surface area contributed by atoms with Crippen molar-refractivity contribution in [2.45, 2.75) is 19.5 Å². The molecule has 0 saturated heterocycles. The maximum Gasteiger partial charge on any atom is -1.00 e. The Kier molecular flexibility index (Phi) is 6.94. The molecule has 0 bridgehead atoms. The summed E-state index contributed by atoms with van der Waals surface area (Å²) in [5.41, 5.74) is 0.434. The van der Waals surface area contributed by atoms with Gasteiger partial charge in [-0.15, -0.1) is 0 Å². The van der Waals surface area contributed by atoms with Crippen molar-refractivity contribution < 1.29 is 62.7 Å². The largest absolute Gasteiger partial charge is 1.00 e. The first kappa shape index (κ1) is 16.2. The van der Waals surface area contributed by atoms with Gasteiger partial charge in [-0.05, 0) is 0 Å². The zero-order valence-corrected chi connectivity index (χ0v) is 10.6. The summed E-state index contributed by atoms with van der Waals surface area (Å²) in [6.07, 6.45) is -2.41. The predicted octanol–water partition coefficient (Wildman–Crippen LogP) is -3.29. The Morgan fingerprint density at radius 2 is 1.77 bits per heavy atom. The van der Waals surface area contributed by atoms with Crippen LogP contribution >= 0.6 is 0 Å². The van der Waals surface area contributed by atoms with Crippen molar-refractivity contribution in [1.82, 2.24) is 0 Å². The molecule has 0 saturated carbocycles. The Balaban J connectivity index is 0. The maximum atomic E-state index is 12.1. The fraction of sp³-hybridized carbons (Fsp3) is 0.429. The van der Waals surface area contributed by atoms with Crippen molar-refractivity contribution >= 4 is 0 Å². The van der Waals surface area contributed by atoms with Gasteiger partial charge in [0.2, 0.25) is 0 Å². The summed E-state index contributed by atoms with van der Waals surface area (Å²) in [6.45, 7) is 1.75. The van der Waals surface area contributed by atoms with Crippen molar-refractivity contribution in [3.63, 3.8) is 0 Å². The van der Waals surface area contributed by atoms with E-state index in [1.165, 1.54) is 6.08 Å². The third-order valence-electron chi connectivity index (χ3n) is 1.61. The van der Waals surface area contributed by atoms with Gasteiger partial charge >= 0.3 is 77.9 Å². The molecular formula is C7H6Cl2F3Zr. The number of halogens is 5. The Hall–Kier alpha value is 0.733. The molecule has 13 heavy (non-hydrogen) atoms. The van der Waals surface area contributed by atoms with Gasteiger partial charge in [-0.3, -0.25) is 0 Å². The van der Waals surface area contributed by atoms with E-state index < -0.39 is 11.7 Å². The molecule has 0 amide bonds. The summed E-state index contributed by atoms with van der Waals surface area (Å²) in [5.74, 6) is 0. The fourth-order valence-corrected chi connectivity index (χ4v) is 1.80. The Morgan fingerprint density at radius 3 is 1.92 bits per heavy atom. The molecule has 0 radical (unpaired) electrons. The molecule has 0 unspecified atom stereocenters. The molecule has 0 heterocycles. The third-order valence-corrected chi connectivity index (χ3v) is 3.32. The summed E-state index contributed by atoms with van der Waals surface area (Å²) in [4.78, 5) is 0. The third kappa shape index (κ3) is 3.77. The molecule has 0 aromatic heterocycles. The molecule has 0 nitrogen and oxygen atoms in total. The number of hydrogen-bond acceptors (Lipinski definition) is 0. The minimum atomic E-state index is -4.14. The molecule has 1 rings (SSSR count). The van der Waals surface area contributed by atoms with Crippen molar-refractivity contribution in [1.29, 1.82) is 0 Å². The fourth-order valence-electron chi connectivity index (χ4n) is 0.947. The predicted molar refractivity (Wildman–Crippen MR) is 31.5 cm³/mol. The van der Waals surface area contributed by atoms with Gasteiger partial charge in [0.25, 0.3) is 0 Å². The maximum absolute atomic E-state index is 12.1. The van der Waals surface area contributed by atoms with Crippen LogP contribution in [0.5, 0.6) is 0 Å². The Morgan fingerprint density at radius 1 is 1.31 bits per heavy atom. The molecule has 0 aromatic carbocycles. The second-order valence-electron chi connectivity index (χ2n) is 2.48. The van der Waals surface area contributed by atoms with Gasteiger partial charge in [0.1, 0.15) is 0 Å². The topological polar surface area (TPSA) is 0 Å². The Labute approximate surface area is 102 Å². The Bertz CT molecular complexity index is 243. The zero-order valence-electron chi connectivity index (χ0n) is 6.67. The average molecular weight is 309 g/mol. The van der Waals surface area contributed by atoms with Crippen molar-refractivity contribution in [2.75, 3.05) is 0 Å². The van der Waals surface area contributed by atoms with Crippen LogP contribution < -0.4 is 24.8 Å². The first-order valence-electron chi connectivity index (χ1n) is 3.12. The summed E-state index contributed by atoms with van der Waals surface area (Å²) in [7, 11) is 0. The van der Waals surface area contributed by atoms with Crippen LogP contribution in [0.15, 0.2) is 20.5 Å². The molecule has 0 spiro atoms. The second-order valence-corrected chi connectivity index (χ2v) is 3.70. The molecule has 0 aliphatic heterocycles. The molecule has 6 heteroatoms. The van der Waals surface area contributed by atoms with Crippen LogP contribution in [0.2, 0.25) is 0 Å². The van der Waals surface area contributed by atoms with Gasteiger partial charge in [0.15, 0.2) is 0 Å². The standard InChI is InChI=1S/C7H6F3.2ClH.Zr/c1-5-2-3-6(4-5)7(8,9)10;;;/h3H,2H2,1H3;2*1H;/q;;;+2/p-2. The smallest absolute Gasteiger partial charge is 1.00 e. The number of hydrogen-bond donors (Lipinski definition) is 0. The summed E-state index contributed by atoms with van der Waals surface area (Å²) < 4.78 is 36.8. The monoisotopic (exact) mass is 307 g/mol. The molecule has 1 aliphatic carbocycles. The van der Waals surface area contributed by atoms with Crippen LogP contribution in [0.1, 0.15) is 13.3 Å². The van der Waals surface area contributed by atoms with Gasteiger partial charge in [-0.1, -0.05) is 0 Å². The number of allylic oxidation sites excluding steroid dienone is 4. The number of rotatable bonds is 0. The first-order chi connectivity index (χ1) is 4.93. The van der Waals surface area contributed by atoms with E-state index >= 15 is 0 Å². The summed E-state index contributed by atoms with van der Waals surface area (Å²) in [6, 6.07) is 0. The van der Waals surface area contributed by atoms with E-state index in [1.54, 1.807) is 6.92 Å². The van der Waals surface area contributed by atoms with Gasteiger partial charge in [0, 0.05) is 0 Å². The van der Waals surface area contributed by atoms with Crippen LogP contribution in [0.3, 0.4) is 0 Å². The normalized spacial score (nSPS) is 16.3. The van der Waals surface area contributed by atoms with Crippen LogP contribution in [-0.4, -0.2) is 6.18 Å². The van der Waals surface area contributed by atoms with E-state index in [0.29, 0.717) is 9.70 Å². The van der Waals surface area contributed by atoms with Crippen LogP contribution in [0, 0.1) is 0 Å². The SMILES string of the molecule is CC1=[C]([Zr+2])C(C(F)(F)F)=CC1.[Cl-].[Cl-]. The molecule has 1 aliphatic rings. The van der Waals surface area contributed by atoms with Crippen molar-refractivity contribution in [3.8, 4) is 0 Å². The quantitative estimate of drug-likeness (QED) is 0.440. The van der Waals surface area contributed by atoms with E-state index in [9.17, 15) is 13.2 Å². The van der Waals surface area contributed by atoms with E-state index in [0.717, 1.165) is 30.3 Å². The second kappa shape index (κ2) is 5.57. The van der Waals surface area contributed by atoms with Crippen molar-refractivity contribution in [2.24, 2.45) is 0 Å². The average Bonchev–Trinajstić information content (AvgIpc) is 2.11. The molecule has 0 N–H and O–H groups in total. The summed E-state index contributed by atoms with van der Waals surface area (Å²) >= 11 is 0.852. The van der Waals surface area contributed by atoms with E-state index in [-0.39, 0.29) is 24.8 Å². The zero-order chi connectivity index (χ0) is 8.65. The summed E-state index contributed by atoms with van der Waals surface area (Å²) in [5, 5.41) is 0. The van der Waals surface area contributed by atoms with Crippen LogP contribution in [-0.2, 0) is 24.7 Å². The molecule has 0 atom stereocenters. The van der Waals surface area contributed by atoms with Gasteiger partial charge in [0.05, 0.1) is 0 Å². The first-order valence-corrected chi connectivity index (χ1v) is 4.35. The molecule has 0 fully saturated rings. The van der Waals surface area contributed by atoms with Crippen molar-refractivity contribution in [3.05, 3.63) is 20.5 Å². The molecule has 0 aromatic rings. The minimum absolute atomic E-state index is 0. The van der Waals surface area contributed by atoms with Gasteiger partial charge < -0.3 is 24.8 Å². The molecular weight excluding hydrogens is 303 g/mol. The minimum Gasteiger partial charge on any atom is -1.00 e. The van der Waals surface area contributed by atoms with Crippen LogP contribution in [0.4, 0.5) is 13.2 Å². The number of alkyl halides is 3. The van der Waals surface area contributed by atoms with E-state index in [4.69, 9.17) is 0 Å². The van der Waals surface area contributed by atoms with Gasteiger partial charge in [-0.25, -0.2) is 0 Å². The van der Waals surface area contributed by atoms with E-state index in [1.807, 2.05) is 0 Å².